The van der Waals surface area contributed by atoms with Gasteiger partial charge in [-0.15, -0.1) is 0 Å². The Morgan fingerprint density at radius 2 is 1.40 bits per heavy atom. The second kappa shape index (κ2) is 12.5. The molecule has 0 amide bonds. The Balaban J connectivity index is 3.06. The molecule has 0 atom stereocenters. The van der Waals surface area contributed by atoms with Crippen molar-refractivity contribution in [2.24, 2.45) is 0 Å². The minimum Gasteiger partial charge on any atom is -0.377 e. The Kier molecular flexibility index (Phi) is 12.4. The first-order valence-electron chi connectivity index (χ1n) is 7.34. The second-order valence-corrected chi connectivity index (χ2v) is 6.40. The molecule has 0 aromatic heterocycles. The molecule has 0 saturated heterocycles. The predicted molar refractivity (Wildman–Crippen MR) is 80.6 cm³/mol. The molecule has 6 heteroatoms. The van der Waals surface area contributed by atoms with Gasteiger partial charge < -0.3 is 14.5 Å². The zero-order valence-electron chi connectivity index (χ0n) is 12.6. The van der Waals surface area contributed by atoms with Crippen LogP contribution < -0.4 is 0 Å². The van der Waals surface area contributed by atoms with E-state index in [1.54, 1.807) is 0 Å². The molecule has 0 heterocycles. The summed E-state index contributed by atoms with van der Waals surface area (Å²) >= 11 is 0. The van der Waals surface area contributed by atoms with Gasteiger partial charge in [-0.1, -0.05) is 50.7 Å². The predicted octanol–water partition coefficient (Wildman–Crippen LogP) is 3.81. The van der Waals surface area contributed by atoms with Gasteiger partial charge in [-0.25, -0.2) is 4.57 Å². The molecule has 120 valence electrons. The third kappa shape index (κ3) is 17.8. The van der Waals surface area contributed by atoms with Crippen molar-refractivity contribution in [3.8, 4) is 0 Å². The van der Waals surface area contributed by atoms with Gasteiger partial charge in [-0.3, -0.25) is 4.52 Å². The van der Waals surface area contributed by atoms with E-state index in [0.29, 0.717) is 13.0 Å². The fourth-order valence-electron chi connectivity index (χ4n) is 1.80. The molecule has 20 heavy (non-hydrogen) atoms. The van der Waals surface area contributed by atoms with Crippen molar-refractivity contribution in [2.45, 2.75) is 58.3 Å². The highest BCUT2D eigenvalue weighted by atomic mass is 31.2. The van der Waals surface area contributed by atoms with Gasteiger partial charge in [-0.05, 0) is 19.8 Å². The van der Waals surface area contributed by atoms with Crippen molar-refractivity contribution in [3.05, 3.63) is 12.2 Å². The first-order valence-corrected chi connectivity index (χ1v) is 8.87. The molecule has 5 nitrogen and oxygen atoms in total. The lowest BCUT2D eigenvalue weighted by molar-refractivity contribution is 0.151. The summed E-state index contributed by atoms with van der Waals surface area (Å²) in [5.74, 6) is 0. The molecule has 0 rings (SSSR count). The summed E-state index contributed by atoms with van der Waals surface area (Å²) in [4.78, 5) is 17.0. The molecule has 0 aliphatic heterocycles. The van der Waals surface area contributed by atoms with Gasteiger partial charge in [0.2, 0.25) is 0 Å². The molecule has 0 aromatic carbocycles. The van der Waals surface area contributed by atoms with Crippen LogP contribution in [-0.4, -0.2) is 29.6 Å². The number of ether oxygens (including phenoxy) is 1. The lowest BCUT2D eigenvalue weighted by Gasteiger charge is -2.05. The molecule has 0 spiro atoms. The highest BCUT2D eigenvalue weighted by Crippen LogP contribution is 2.35. The largest absolute Gasteiger partial charge is 0.469 e. The Bertz CT molecular complexity index is 287. The molecule has 0 saturated carbocycles. The molecule has 0 aliphatic carbocycles. The minimum atomic E-state index is -4.27. The molecular weight excluding hydrogens is 279 g/mol. The van der Waals surface area contributed by atoms with E-state index in [9.17, 15) is 4.57 Å². The lowest BCUT2D eigenvalue weighted by atomic mass is 10.1. The van der Waals surface area contributed by atoms with Crippen molar-refractivity contribution >= 4 is 7.82 Å². The third-order valence-electron chi connectivity index (χ3n) is 2.79. The molecule has 2 N–H and O–H groups in total. The van der Waals surface area contributed by atoms with E-state index in [-0.39, 0.29) is 6.61 Å². The number of phosphoric acid groups is 1. The van der Waals surface area contributed by atoms with Crippen molar-refractivity contribution in [1.29, 1.82) is 0 Å². The van der Waals surface area contributed by atoms with Crippen LogP contribution in [0.5, 0.6) is 0 Å². The maximum atomic E-state index is 10.4. The fourth-order valence-corrected chi connectivity index (χ4v) is 2.16. The number of hydrogen-bond donors (Lipinski definition) is 2. The monoisotopic (exact) mass is 308 g/mol. The van der Waals surface area contributed by atoms with Gasteiger partial charge in [0.1, 0.15) is 0 Å². The Hall–Kier alpha value is -0.190. The molecule has 0 unspecified atom stereocenters. The van der Waals surface area contributed by atoms with Gasteiger partial charge in [0.25, 0.3) is 0 Å². The first kappa shape index (κ1) is 19.8. The second-order valence-electron chi connectivity index (χ2n) is 5.16. The van der Waals surface area contributed by atoms with Crippen LogP contribution in [0.15, 0.2) is 12.2 Å². The summed E-state index contributed by atoms with van der Waals surface area (Å²) in [6.45, 7) is 7.36. The summed E-state index contributed by atoms with van der Waals surface area (Å²) in [5.41, 5.74) is 1.06. The zero-order valence-corrected chi connectivity index (χ0v) is 13.4. The van der Waals surface area contributed by atoms with Crippen molar-refractivity contribution in [1.82, 2.24) is 0 Å². The van der Waals surface area contributed by atoms with Crippen LogP contribution in [0.2, 0.25) is 0 Å². The average Bonchev–Trinajstić information content (AvgIpc) is 2.33. The Morgan fingerprint density at radius 1 is 0.950 bits per heavy atom. The minimum absolute atomic E-state index is 0.143. The fraction of sp³-hybridized carbons (Fsp3) is 0.857. The number of rotatable bonds is 14. The first-order chi connectivity index (χ1) is 9.42. The Labute approximate surface area is 122 Å². The van der Waals surface area contributed by atoms with Crippen LogP contribution in [0.1, 0.15) is 58.3 Å². The Morgan fingerprint density at radius 3 is 1.85 bits per heavy atom. The topological polar surface area (TPSA) is 76.0 Å². The van der Waals surface area contributed by atoms with Crippen molar-refractivity contribution in [3.63, 3.8) is 0 Å². The van der Waals surface area contributed by atoms with Gasteiger partial charge >= 0.3 is 7.82 Å². The van der Waals surface area contributed by atoms with E-state index in [4.69, 9.17) is 14.5 Å². The van der Waals surface area contributed by atoms with Crippen molar-refractivity contribution in [2.75, 3.05) is 19.8 Å². The molecule has 0 aromatic rings. The highest BCUT2D eigenvalue weighted by Gasteiger charge is 2.12. The van der Waals surface area contributed by atoms with Crippen molar-refractivity contribution < 1.29 is 23.6 Å². The number of hydrogen-bond acceptors (Lipinski definition) is 3. The summed E-state index contributed by atoms with van der Waals surface area (Å²) in [5, 5.41) is 0. The molecule has 0 radical (unpaired) electrons. The normalized spacial score (nSPS) is 11.8. The average molecular weight is 308 g/mol. The number of unbranched alkanes of at least 4 members (excludes halogenated alkanes) is 7. The highest BCUT2D eigenvalue weighted by molar-refractivity contribution is 7.46. The van der Waals surface area contributed by atoms with E-state index in [0.717, 1.165) is 31.4 Å². The van der Waals surface area contributed by atoms with Crippen LogP contribution in [0, 0.1) is 0 Å². The van der Waals surface area contributed by atoms with Gasteiger partial charge in [0.05, 0.1) is 13.2 Å². The SMILES string of the molecule is C=C(C)COCCCCCCCCCCOP(=O)(O)O. The van der Waals surface area contributed by atoms with E-state index >= 15 is 0 Å². The van der Waals surface area contributed by atoms with Crippen LogP contribution in [0.3, 0.4) is 0 Å². The number of phosphoric ester groups is 1. The summed E-state index contributed by atoms with van der Waals surface area (Å²) in [6, 6.07) is 0. The smallest absolute Gasteiger partial charge is 0.377 e. The molecule has 0 aliphatic rings. The van der Waals surface area contributed by atoms with E-state index < -0.39 is 7.82 Å². The van der Waals surface area contributed by atoms with Crippen LogP contribution >= 0.6 is 7.82 Å². The standard InChI is InChI=1S/C14H29O5P/c1-14(2)13-18-11-9-7-5-3-4-6-8-10-12-19-20(15,16)17/h1,3-13H2,2H3,(H2,15,16,17). The third-order valence-corrected chi connectivity index (χ3v) is 3.31. The quantitative estimate of drug-likeness (QED) is 0.290. The zero-order chi connectivity index (χ0) is 15.3. The summed E-state index contributed by atoms with van der Waals surface area (Å²) in [6.07, 6.45) is 8.65. The van der Waals surface area contributed by atoms with E-state index in [1.165, 1.54) is 25.7 Å². The maximum Gasteiger partial charge on any atom is 0.469 e. The van der Waals surface area contributed by atoms with E-state index in [1.807, 2.05) is 6.92 Å². The van der Waals surface area contributed by atoms with Gasteiger partial charge in [0, 0.05) is 6.61 Å². The molecule has 0 bridgehead atoms. The van der Waals surface area contributed by atoms with Crippen LogP contribution in [-0.2, 0) is 13.8 Å². The lowest BCUT2D eigenvalue weighted by Crippen LogP contribution is -1.97. The van der Waals surface area contributed by atoms with Crippen LogP contribution in [0.25, 0.3) is 0 Å². The van der Waals surface area contributed by atoms with Gasteiger partial charge in [-0.2, -0.15) is 0 Å². The summed E-state index contributed by atoms with van der Waals surface area (Å²) < 4.78 is 20.2. The van der Waals surface area contributed by atoms with E-state index in [2.05, 4.69) is 11.1 Å². The van der Waals surface area contributed by atoms with Gasteiger partial charge in [0.15, 0.2) is 0 Å². The maximum absolute atomic E-state index is 10.4. The molecular formula is C14H29O5P. The van der Waals surface area contributed by atoms with Crippen LogP contribution in [0.4, 0.5) is 0 Å². The summed E-state index contributed by atoms with van der Waals surface area (Å²) in [7, 11) is -4.27. The molecule has 0 fully saturated rings.